The van der Waals surface area contributed by atoms with E-state index in [1.54, 1.807) is 7.11 Å². The second-order valence-corrected chi connectivity index (χ2v) is 6.07. The van der Waals surface area contributed by atoms with Gasteiger partial charge in [-0.25, -0.2) is 0 Å². The summed E-state index contributed by atoms with van der Waals surface area (Å²) in [5, 5.41) is 13.3. The fourth-order valence-corrected chi connectivity index (χ4v) is 2.86. The fourth-order valence-electron chi connectivity index (χ4n) is 2.86. The van der Waals surface area contributed by atoms with Crippen molar-refractivity contribution in [2.24, 2.45) is 5.41 Å². The molecule has 0 aromatic heterocycles. The number of nitrogens with one attached hydrogen (secondary N) is 1. The van der Waals surface area contributed by atoms with E-state index < -0.39 is 0 Å². The maximum absolute atomic E-state index is 9.71. The molecule has 0 saturated carbocycles. The summed E-state index contributed by atoms with van der Waals surface area (Å²) in [5.41, 5.74) is 1.19. The van der Waals surface area contributed by atoms with Crippen LogP contribution in [0.1, 0.15) is 25.3 Å². The Labute approximate surface area is 127 Å². The summed E-state index contributed by atoms with van der Waals surface area (Å²) in [7, 11) is 1.71. The first kappa shape index (κ1) is 16.3. The summed E-state index contributed by atoms with van der Waals surface area (Å²) in [6.07, 6.45) is 2.78. The number of ether oxygens (including phenoxy) is 2. The van der Waals surface area contributed by atoms with Crippen molar-refractivity contribution in [1.29, 1.82) is 0 Å². The van der Waals surface area contributed by atoms with Crippen LogP contribution in [-0.2, 0) is 11.2 Å². The van der Waals surface area contributed by atoms with Gasteiger partial charge in [-0.3, -0.25) is 0 Å². The average Bonchev–Trinajstić information content (AvgIpc) is 2.54. The quantitative estimate of drug-likeness (QED) is 0.807. The molecular weight excluding hydrogens is 266 g/mol. The topological polar surface area (TPSA) is 50.7 Å². The molecule has 1 aromatic rings. The highest BCUT2D eigenvalue weighted by molar-refractivity contribution is 5.33. The van der Waals surface area contributed by atoms with Crippen LogP contribution in [0.4, 0.5) is 0 Å². The number of methoxy groups -OCH3 is 1. The van der Waals surface area contributed by atoms with Crippen molar-refractivity contribution < 1.29 is 14.6 Å². The molecule has 0 aliphatic carbocycles. The van der Waals surface area contributed by atoms with Crippen molar-refractivity contribution in [1.82, 2.24) is 5.32 Å². The molecule has 0 bridgehead atoms. The van der Waals surface area contributed by atoms with E-state index in [9.17, 15) is 5.11 Å². The standard InChI is InChI=1S/C17H27NO3/c1-14(11-15-5-3-4-6-16(15)20-2)18-12-17(13-19)7-9-21-10-8-17/h3-6,14,18-19H,7-13H2,1-2H3. The molecule has 1 heterocycles. The third kappa shape index (κ3) is 4.43. The van der Waals surface area contributed by atoms with Crippen molar-refractivity contribution in [2.75, 3.05) is 33.5 Å². The zero-order valence-electron chi connectivity index (χ0n) is 13.1. The zero-order chi connectivity index (χ0) is 15.1. The van der Waals surface area contributed by atoms with Crippen LogP contribution >= 0.6 is 0 Å². The highest BCUT2D eigenvalue weighted by Gasteiger charge is 2.32. The van der Waals surface area contributed by atoms with Crippen LogP contribution < -0.4 is 10.1 Å². The molecule has 1 aromatic carbocycles. The van der Waals surface area contributed by atoms with E-state index in [-0.39, 0.29) is 12.0 Å². The highest BCUT2D eigenvalue weighted by Crippen LogP contribution is 2.29. The Kier molecular flexibility index (Phi) is 6.03. The largest absolute Gasteiger partial charge is 0.496 e. The molecule has 0 spiro atoms. The van der Waals surface area contributed by atoms with Gasteiger partial charge in [0.25, 0.3) is 0 Å². The van der Waals surface area contributed by atoms with E-state index >= 15 is 0 Å². The summed E-state index contributed by atoms with van der Waals surface area (Å²) in [6.45, 7) is 4.75. The van der Waals surface area contributed by atoms with Gasteiger partial charge in [-0.05, 0) is 37.8 Å². The number of hydrogen-bond donors (Lipinski definition) is 2. The second-order valence-electron chi connectivity index (χ2n) is 6.07. The number of benzene rings is 1. The Bertz CT molecular complexity index is 430. The number of hydrogen-bond acceptors (Lipinski definition) is 4. The van der Waals surface area contributed by atoms with Gasteiger partial charge in [0.2, 0.25) is 0 Å². The molecule has 2 N–H and O–H groups in total. The molecule has 4 heteroatoms. The van der Waals surface area contributed by atoms with Crippen LogP contribution in [0.25, 0.3) is 0 Å². The summed E-state index contributed by atoms with van der Waals surface area (Å²) < 4.78 is 10.8. The molecule has 118 valence electrons. The third-order valence-corrected chi connectivity index (χ3v) is 4.43. The van der Waals surface area contributed by atoms with E-state index in [0.717, 1.165) is 44.8 Å². The predicted octanol–water partition coefficient (Wildman–Crippen LogP) is 2.00. The number of rotatable bonds is 7. The van der Waals surface area contributed by atoms with Crippen LogP contribution in [0, 0.1) is 5.41 Å². The van der Waals surface area contributed by atoms with Gasteiger partial charge < -0.3 is 19.9 Å². The predicted molar refractivity (Wildman–Crippen MR) is 83.7 cm³/mol. The molecule has 0 amide bonds. The van der Waals surface area contributed by atoms with Gasteiger partial charge in [-0.1, -0.05) is 18.2 Å². The molecule has 1 aliphatic heterocycles. The molecule has 0 radical (unpaired) electrons. The Hall–Kier alpha value is -1.10. The number of aliphatic hydroxyl groups is 1. The molecule has 1 aliphatic rings. The van der Waals surface area contributed by atoms with Crippen molar-refractivity contribution in [3.8, 4) is 5.75 Å². The first-order valence-electron chi connectivity index (χ1n) is 7.73. The van der Waals surface area contributed by atoms with E-state index in [1.807, 2.05) is 18.2 Å². The van der Waals surface area contributed by atoms with Crippen molar-refractivity contribution >= 4 is 0 Å². The van der Waals surface area contributed by atoms with Gasteiger partial charge >= 0.3 is 0 Å². The monoisotopic (exact) mass is 293 g/mol. The Morgan fingerprint density at radius 3 is 2.71 bits per heavy atom. The van der Waals surface area contributed by atoms with Crippen molar-refractivity contribution in [3.63, 3.8) is 0 Å². The van der Waals surface area contributed by atoms with Crippen LogP contribution in [0.5, 0.6) is 5.75 Å². The van der Waals surface area contributed by atoms with Gasteiger partial charge in [0, 0.05) is 31.2 Å². The van der Waals surface area contributed by atoms with Crippen LogP contribution in [-0.4, -0.2) is 44.6 Å². The van der Waals surface area contributed by atoms with Crippen molar-refractivity contribution in [3.05, 3.63) is 29.8 Å². The van der Waals surface area contributed by atoms with E-state index in [2.05, 4.69) is 18.3 Å². The molecular formula is C17H27NO3. The number of para-hydroxylation sites is 1. The molecule has 1 fully saturated rings. The second kappa shape index (κ2) is 7.78. The minimum atomic E-state index is -0.0206. The lowest BCUT2D eigenvalue weighted by atomic mass is 9.81. The minimum absolute atomic E-state index is 0.0206. The maximum Gasteiger partial charge on any atom is 0.122 e. The van der Waals surface area contributed by atoms with Crippen LogP contribution in [0.2, 0.25) is 0 Å². The van der Waals surface area contributed by atoms with Gasteiger partial charge in [-0.2, -0.15) is 0 Å². The Morgan fingerprint density at radius 1 is 1.33 bits per heavy atom. The smallest absolute Gasteiger partial charge is 0.122 e. The highest BCUT2D eigenvalue weighted by atomic mass is 16.5. The molecule has 1 saturated heterocycles. The molecule has 1 unspecified atom stereocenters. The Morgan fingerprint density at radius 2 is 2.05 bits per heavy atom. The van der Waals surface area contributed by atoms with Crippen LogP contribution in [0.3, 0.4) is 0 Å². The minimum Gasteiger partial charge on any atom is -0.496 e. The maximum atomic E-state index is 9.71. The summed E-state index contributed by atoms with van der Waals surface area (Å²) in [4.78, 5) is 0. The molecule has 1 atom stereocenters. The zero-order valence-corrected chi connectivity index (χ0v) is 13.1. The Balaban J connectivity index is 1.88. The van der Waals surface area contributed by atoms with E-state index in [0.29, 0.717) is 6.04 Å². The molecule has 4 nitrogen and oxygen atoms in total. The molecule has 2 rings (SSSR count). The van der Waals surface area contributed by atoms with E-state index in [1.165, 1.54) is 5.56 Å². The number of aliphatic hydroxyl groups excluding tert-OH is 1. The molecule has 21 heavy (non-hydrogen) atoms. The van der Waals surface area contributed by atoms with Gasteiger partial charge in [0.05, 0.1) is 13.7 Å². The average molecular weight is 293 g/mol. The van der Waals surface area contributed by atoms with Crippen LogP contribution in [0.15, 0.2) is 24.3 Å². The third-order valence-electron chi connectivity index (χ3n) is 4.43. The SMILES string of the molecule is COc1ccccc1CC(C)NCC1(CO)CCOCC1. The first-order valence-corrected chi connectivity index (χ1v) is 7.73. The van der Waals surface area contributed by atoms with E-state index in [4.69, 9.17) is 9.47 Å². The van der Waals surface area contributed by atoms with Gasteiger partial charge in [-0.15, -0.1) is 0 Å². The first-order chi connectivity index (χ1) is 10.2. The van der Waals surface area contributed by atoms with Gasteiger partial charge in [0.1, 0.15) is 5.75 Å². The lowest BCUT2D eigenvalue weighted by Crippen LogP contribution is -2.44. The lowest BCUT2D eigenvalue weighted by molar-refractivity contribution is -0.0163. The van der Waals surface area contributed by atoms with Crippen molar-refractivity contribution in [2.45, 2.75) is 32.2 Å². The normalized spacial score (nSPS) is 19.2. The lowest BCUT2D eigenvalue weighted by Gasteiger charge is -2.36. The van der Waals surface area contributed by atoms with Gasteiger partial charge in [0.15, 0.2) is 0 Å². The summed E-state index contributed by atoms with van der Waals surface area (Å²) >= 11 is 0. The summed E-state index contributed by atoms with van der Waals surface area (Å²) in [5.74, 6) is 0.939. The fraction of sp³-hybridized carbons (Fsp3) is 0.647. The summed E-state index contributed by atoms with van der Waals surface area (Å²) in [6, 6.07) is 8.47.